The Morgan fingerprint density at radius 3 is 2.47 bits per heavy atom. The molecule has 1 aromatic carbocycles. The molecule has 0 heterocycles. The SMILES string of the molecule is CNS(=O)(=O)CCNc1cc(Cl)c(Cl)cc1N. The Hall–Kier alpha value is -0.690. The zero-order valence-electron chi connectivity index (χ0n) is 9.13. The van der Waals surface area contributed by atoms with Crippen molar-refractivity contribution in [2.24, 2.45) is 0 Å². The summed E-state index contributed by atoms with van der Waals surface area (Å²) in [6.45, 7) is 0.228. The first-order valence-corrected chi connectivity index (χ1v) is 7.16. The van der Waals surface area contributed by atoms with Crippen LogP contribution in [-0.2, 0) is 10.0 Å². The lowest BCUT2D eigenvalue weighted by molar-refractivity contribution is 0.588. The fraction of sp³-hybridized carbons (Fsp3) is 0.333. The molecule has 1 aromatic rings. The smallest absolute Gasteiger partial charge is 0.213 e. The van der Waals surface area contributed by atoms with Crippen LogP contribution in [0.4, 0.5) is 11.4 Å². The van der Waals surface area contributed by atoms with Gasteiger partial charge in [0.1, 0.15) is 0 Å². The van der Waals surface area contributed by atoms with Gasteiger partial charge in [0.05, 0.1) is 27.2 Å². The third-order valence-corrected chi connectivity index (χ3v) is 4.18. The lowest BCUT2D eigenvalue weighted by atomic mass is 10.2. The zero-order valence-corrected chi connectivity index (χ0v) is 11.5. The summed E-state index contributed by atoms with van der Waals surface area (Å²) < 4.78 is 24.5. The van der Waals surface area contributed by atoms with Gasteiger partial charge in [0, 0.05) is 6.54 Å². The minimum atomic E-state index is -3.23. The second-order valence-electron chi connectivity index (χ2n) is 3.30. The predicted octanol–water partition coefficient (Wildman–Crippen LogP) is 1.54. The second-order valence-corrected chi connectivity index (χ2v) is 6.16. The lowest BCUT2D eigenvalue weighted by Crippen LogP contribution is -2.26. The molecule has 0 aromatic heterocycles. The molecule has 0 saturated carbocycles. The Morgan fingerprint density at radius 1 is 1.29 bits per heavy atom. The molecule has 4 N–H and O–H groups in total. The van der Waals surface area contributed by atoms with E-state index in [-0.39, 0.29) is 12.3 Å². The third-order valence-electron chi connectivity index (χ3n) is 2.09. The van der Waals surface area contributed by atoms with Crippen molar-refractivity contribution in [3.05, 3.63) is 22.2 Å². The van der Waals surface area contributed by atoms with Gasteiger partial charge in [-0.3, -0.25) is 0 Å². The van der Waals surface area contributed by atoms with E-state index in [0.29, 0.717) is 21.4 Å². The molecule has 5 nitrogen and oxygen atoms in total. The van der Waals surface area contributed by atoms with Crippen molar-refractivity contribution >= 4 is 44.6 Å². The number of nitrogens with one attached hydrogen (secondary N) is 2. The quantitative estimate of drug-likeness (QED) is 0.720. The zero-order chi connectivity index (χ0) is 13.1. The van der Waals surface area contributed by atoms with Crippen LogP contribution in [0, 0.1) is 0 Å². The van der Waals surface area contributed by atoms with Crippen molar-refractivity contribution in [3.8, 4) is 0 Å². The average molecular weight is 298 g/mol. The number of sulfonamides is 1. The van der Waals surface area contributed by atoms with E-state index in [2.05, 4.69) is 10.0 Å². The molecule has 0 bridgehead atoms. The summed E-state index contributed by atoms with van der Waals surface area (Å²) in [5.74, 6) is -0.0524. The number of benzene rings is 1. The number of anilines is 2. The molecule has 96 valence electrons. The van der Waals surface area contributed by atoms with Gasteiger partial charge in [-0.2, -0.15) is 0 Å². The van der Waals surface area contributed by atoms with Crippen molar-refractivity contribution in [1.29, 1.82) is 0 Å². The van der Waals surface area contributed by atoms with E-state index in [1.54, 1.807) is 6.07 Å². The van der Waals surface area contributed by atoms with Crippen molar-refractivity contribution in [2.75, 3.05) is 30.4 Å². The highest BCUT2D eigenvalue weighted by atomic mass is 35.5. The minimum absolute atomic E-state index is 0.0524. The molecule has 0 atom stereocenters. The van der Waals surface area contributed by atoms with Crippen LogP contribution in [0.5, 0.6) is 0 Å². The summed E-state index contributed by atoms with van der Waals surface area (Å²) in [5, 5.41) is 3.60. The molecule has 8 heteroatoms. The molecule has 0 aliphatic rings. The molecule has 0 saturated heterocycles. The Bertz CT molecular complexity index is 505. The molecule has 0 unspecified atom stereocenters. The lowest BCUT2D eigenvalue weighted by Gasteiger charge is -2.10. The summed E-state index contributed by atoms with van der Waals surface area (Å²) in [4.78, 5) is 0. The number of nitrogen functional groups attached to an aromatic ring is 1. The van der Waals surface area contributed by atoms with E-state index in [4.69, 9.17) is 28.9 Å². The monoisotopic (exact) mass is 297 g/mol. The summed E-state index contributed by atoms with van der Waals surface area (Å²) in [7, 11) is -1.87. The first-order valence-electron chi connectivity index (χ1n) is 4.75. The molecule has 0 aliphatic heterocycles. The summed E-state index contributed by atoms with van der Waals surface area (Å²) >= 11 is 11.6. The van der Waals surface area contributed by atoms with E-state index in [0.717, 1.165) is 0 Å². The molecule has 0 aliphatic carbocycles. The second kappa shape index (κ2) is 5.77. The van der Waals surface area contributed by atoms with Gasteiger partial charge < -0.3 is 11.1 Å². The highest BCUT2D eigenvalue weighted by Gasteiger charge is 2.08. The first kappa shape index (κ1) is 14.4. The number of halogens is 2. The van der Waals surface area contributed by atoms with E-state index >= 15 is 0 Å². The van der Waals surface area contributed by atoms with Crippen molar-refractivity contribution in [2.45, 2.75) is 0 Å². The van der Waals surface area contributed by atoms with Crippen molar-refractivity contribution in [1.82, 2.24) is 4.72 Å². The van der Waals surface area contributed by atoms with Crippen LogP contribution in [0.1, 0.15) is 0 Å². The van der Waals surface area contributed by atoms with Crippen LogP contribution in [0.3, 0.4) is 0 Å². The average Bonchev–Trinajstić information content (AvgIpc) is 2.25. The number of nitrogens with two attached hydrogens (primary N) is 1. The highest BCUT2D eigenvalue weighted by molar-refractivity contribution is 7.89. The van der Waals surface area contributed by atoms with Crippen molar-refractivity contribution in [3.63, 3.8) is 0 Å². The van der Waals surface area contributed by atoms with Gasteiger partial charge in [-0.15, -0.1) is 0 Å². The summed E-state index contributed by atoms with van der Waals surface area (Å²) in [6, 6.07) is 3.07. The van der Waals surface area contributed by atoms with E-state index in [1.165, 1.54) is 13.1 Å². The van der Waals surface area contributed by atoms with E-state index < -0.39 is 10.0 Å². The summed E-state index contributed by atoms with van der Waals surface area (Å²) in [5.41, 5.74) is 6.68. The van der Waals surface area contributed by atoms with Crippen molar-refractivity contribution < 1.29 is 8.42 Å². The summed E-state index contributed by atoms with van der Waals surface area (Å²) in [6.07, 6.45) is 0. The first-order chi connectivity index (χ1) is 7.85. The molecule has 0 spiro atoms. The van der Waals surface area contributed by atoms with Gasteiger partial charge in [-0.05, 0) is 19.2 Å². The topological polar surface area (TPSA) is 84.2 Å². The van der Waals surface area contributed by atoms with Crippen LogP contribution in [-0.4, -0.2) is 27.8 Å². The standard InChI is InChI=1S/C9H13Cl2N3O2S/c1-13-17(15,16)3-2-14-9-5-7(11)6(10)4-8(9)12/h4-5,13-14H,2-3,12H2,1H3. The van der Waals surface area contributed by atoms with Gasteiger partial charge in [-0.25, -0.2) is 13.1 Å². The highest BCUT2D eigenvalue weighted by Crippen LogP contribution is 2.30. The molecular weight excluding hydrogens is 285 g/mol. The molecule has 0 fully saturated rings. The fourth-order valence-corrected chi connectivity index (χ4v) is 2.05. The van der Waals surface area contributed by atoms with E-state index in [1.807, 2.05) is 0 Å². The van der Waals surface area contributed by atoms with Crippen LogP contribution in [0.15, 0.2) is 12.1 Å². The minimum Gasteiger partial charge on any atom is -0.397 e. The maximum Gasteiger partial charge on any atom is 0.213 e. The van der Waals surface area contributed by atoms with E-state index in [9.17, 15) is 8.42 Å². The Morgan fingerprint density at radius 2 is 1.88 bits per heavy atom. The van der Waals surface area contributed by atoms with Crippen LogP contribution >= 0.6 is 23.2 Å². The van der Waals surface area contributed by atoms with Crippen LogP contribution in [0.2, 0.25) is 10.0 Å². The number of hydrogen-bond acceptors (Lipinski definition) is 4. The van der Waals surface area contributed by atoms with Crippen LogP contribution in [0.25, 0.3) is 0 Å². The Balaban J connectivity index is 2.68. The largest absolute Gasteiger partial charge is 0.397 e. The van der Waals surface area contributed by atoms with Gasteiger partial charge in [0.15, 0.2) is 0 Å². The maximum atomic E-state index is 11.2. The Labute approximate surface area is 110 Å². The molecule has 1 rings (SSSR count). The van der Waals surface area contributed by atoms with Gasteiger partial charge in [0.2, 0.25) is 10.0 Å². The number of rotatable bonds is 5. The fourth-order valence-electron chi connectivity index (χ4n) is 1.14. The predicted molar refractivity (Wildman–Crippen MR) is 72.2 cm³/mol. The van der Waals surface area contributed by atoms with Crippen LogP contribution < -0.4 is 15.8 Å². The molecular formula is C9H13Cl2N3O2S. The Kier molecular flexibility index (Phi) is 4.88. The van der Waals surface area contributed by atoms with Gasteiger partial charge in [-0.1, -0.05) is 23.2 Å². The normalized spacial score (nSPS) is 11.5. The van der Waals surface area contributed by atoms with Gasteiger partial charge in [0.25, 0.3) is 0 Å². The maximum absolute atomic E-state index is 11.2. The third kappa shape index (κ3) is 4.23. The van der Waals surface area contributed by atoms with Gasteiger partial charge >= 0.3 is 0 Å². The number of hydrogen-bond donors (Lipinski definition) is 3. The molecule has 17 heavy (non-hydrogen) atoms. The molecule has 0 amide bonds. The molecule has 0 radical (unpaired) electrons.